The predicted molar refractivity (Wildman–Crippen MR) is 60.0 cm³/mol. The van der Waals surface area contributed by atoms with Crippen molar-refractivity contribution in [1.29, 1.82) is 5.41 Å². The van der Waals surface area contributed by atoms with E-state index in [4.69, 9.17) is 10.5 Å². The van der Waals surface area contributed by atoms with E-state index in [0.717, 1.165) is 11.3 Å². The average molecular weight is 260 g/mol. The minimum Gasteiger partial charge on any atom is -0.411 e. The lowest BCUT2D eigenvalue weighted by atomic mass is 10.3. The molecule has 0 aromatic carbocycles. The van der Waals surface area contributed by atoms with Crippen LogP contribution in [0.3, 0.4) is 0 Å². The van der Waals surface area contributed by atoms with Crippen LogP contribution in [0.15, 0.2) is 16.9 Å². The number of nitrogens with one attached hydrogen (secondary N) is 1. The number of carbonyl (C=O) groups is 1. The fraction of sp³-hybridized carbons (Fsp3) is 0. The lowest BCUT2D eigenvalue weighted by Crippen LogP contribution is -2.16. The van der Waals surface area contributed by atoms with E-state index in [9.17, 15) is 13.2 Å². The van der Waals surface area contributed by atoms with Crippen LogP contribution in [-0.4, -0.2) is 20.8 Å². The van der Waals surface area contributed by atoms with Crippen LogP contribution in [0.5, 0.6) is 0 Å². The molecule has 0 atom stereocenters. The summed E-state index contributed by atoms with van der Waals surface area (Å²) in [6.07, 6.45) is 1.69. The smallest absolute Gasteiger partial charge is 0.356 e. The van der Waals surface area contributed by atoms with Gasteiger partial charge in [-0.3, -0.25) is 5.41 Å². The molecular formula is C8H8N2O4S2. The van der Waals surface area contributed by atoms with Gasteiger partial charge in [-0.15, -0.1) is 11.3 Å². The highest BCUT2D eigenvalue weighted by atomic mass is 32.2. The first-order valence-corrected chi connectivity index (χ1v) is 6.31. The maximum absolute atomic E-state index is 11.3. The monoisotopic (exact) mass is 260 g/mol. The molecule has 1 heterocycles. The number of nitrogens with two attached hydrogens (primary N) is 1. The van der Waals surface area contributed by atoms with E-state index >= 15 is 0 Å². The van der Waals surface area contributed by atoms with Crippen LogP contribution >= 0.6 is 11.3 Å². The Hall–Kier alpha value is -1.51. The van der Waals surface area contributed by atoms with Gasteiger partial charge in [0.25, 0.3) is 0 Å². The molecule has 1 rings (SSSR count). The number of sulfonamides is 1. The van der Waals surface area contributed by atoms with Crippen molar-refractivity contribution in [2.75, 3.05) is 0 Å². The highest BCUT2D eigenvalue weighted by Crippen LogP contribution is 2.27. The summed E-state index contributed by atoms with van der Waals surface area (Å²) in [5.74, 6) is -0.933. The third kappa shape index (κ3) is 2.35. The van der Waals surface area contributed by atoms with Crippen molar-refractivity contribution in [2.24, 2.45) is 5.14 Å². The van der Waals surface area contributed by atoms with Crippen LogP contribution in [0.2, 0.25) is 0 Å². The fourth-order valence-corrected chi connectivity index (χ4v) is 3.25. The highest BCUT2D eigenvalue weighted by molar-refractivity contribution is 7.89. The molecule has 8 heteroatoms. The Bertz CT molecular complexity index is 544. The Morgan fingerprint density at radius 1 is 1.62 bits per heavy atom. The molecule has 86 valence electrons. The minimum atomic E-state index is -4.03. The summed E-state index contributed by atoms with van der Waals surface area (Å²) in [6, 6.07) is 0. The first-order valence-electron chi connectivity index (χ1n) is 3.88. The van der Waals surface area contributed by atoms with E-state index in [-0.39, 0.29) is 15.3 Å². The zero-order valence-corrected chi connectivity index (χ0v) is 9.60. The molecule has 0 saturated carbocycles. The van der Waals surface area contributed by atoms with E-state index < -0.39 is 16.0 Å². The van der Waals surface area contributed by atoms with Gasteiger partial charge in [0.15, 0.2) is 6.40 Å². The van der Waals surface area contributed by atoms with Crippen LogP contribution in [-0.2, 0) is 14.8 Å². The Balaban J connectivity index is 3.42. The topological polar surface area (TPSA) is 110 Å². The molecule has 1 aromatic rings. The Kier molecular flexibility index (Phi) is 3.58. The number of carbonyl (C=O) groups excluding carboxylic acids is 1. The Morgan fingerprint density at radius 3 is 2.69 bits per heavy atom. The molecule has 0 fully saturated rings. The largest absolute Gasteiger partial charge is 0.411 e. The van der Waals surface area contributed by atoms with Crippen LogP contribution in [0.25, 0.3) is 6.08 Å². The number of primary sulfonamides is 1. The first kappa shape index (κ1) is 12.6. The molecule has 0 bridgehead atoms. The van der Waals surface area contributed by atoms with Crippen molar-refractivity contribution >= 4 is 39.8 Å². The zero-order valence-electron chi connectivity index (χ0n) is 7.97. The fourth-order valence-electron chi connectivity index (χ4n) is 1.04. The van der Waals surface area contributed by atoms with Crippen molar-refractivity contribution in [1.82, 2.24) is 0 Å². The van der Waals surface area contributed by atoms with E-state index in [1.807, 2.05) is 0 Å². The van der Waals surface area contributed by atoms with Crippen molar-refractivity contribution in [2.45, 2.75) is 4.90 Å². The van der Waals surface area contributed by atoms with Gasteiger partial charge in [-0.05, 0) is 0 Å². The van der Waals surface area contributed by atoms with E-state index in [1.165, 1.54) is 11.5 Å². The van der Waals surface area contributed by atoms with Crippen LogP contribution in [0.4, 0.5) is 0 Å². The van der Waals surface area contributed by atoms with Crippen LogP contribution in [0.1, 0.15) is 15.2 Å². The van der Waals surface area contributed by atoms with Crippen LogP contribution < -0.4 is 5.14 Å². The molecule has 0 aliphatic rings. The van der Waals surface area contributed by atoms with Gasteiger partial charge in [0.1, 0.15) is 9.77 Å². The second-order valence-corrected chi connectivity index (χ2v) is 5.00. The number of esters is 1. The summed E-state index contributed by atoms with van der Waals surface area (Å²) in [7, 11) is -4.03. The SMILES string of the molecule is C=Cc1csc(C(=O)OC=N)c1S(N)(=O)=O. The van der Waals surface area contributed by atoms with E-state index in [2.05, 4.69) is 11.3 Å². The van der Waals surface area contributed by atoms with Gasteiger partial charge in [-0.25, -0.2) is 18.4 Å². The second-order valence-electron chi connectivity index (χ2n) is 2.62. The number of rotatable bonds is 4. The molecular weight excluding hydrogens is 252 g/mol. The quantitative estimate of drug-likeness (QED) is 0.474. The summed E-state index contributed by atoms with van der Waals surface area (Å²) < 4.78 is 26.8. The Labute approximate surface area is 95.9 Å². The lowest BCUT2D eigenvalue weighted by molar-refractivity contribution is 0.0728. The van der Waals surface area contributed by atoms with Gasteiger partial charge in [-0.2, -0.15) is 0 Å². The number of hydrogen-bond donors (Lipinski definition) is 2. The molecule has 0 spiro atoms. The average Bonchev–Trinajstić information content (AvgIpc) is 2.60. The van der Waals surface area contributed by atoms with Gasteiger partial charge in [0.2, 0.25) is 10.0 Å². The third-order valence-electron chi connectivity index (χ3n) is 1.63. The zero-order chi connectivity index (χ0) is 12.3. The molecule has 16 heavy (non-hydrogen) atoms. The maximum atomic E-state index is 11.3. The summed E-state index contributed by atoms with van der Waals surface area (Å²) in [4.78, 5) is 10.8. The van der Waals surface area contributed by atoms with Gasteiger partial charge in [0, 0.05) is 10.9 Å². The van der Waals surface area contributed by atoms with Gasteiger partial charge in [-0.1, -0.05) is 12.7 Å². The normalized spacial score (nSPS) is 10.8. The maximum Gasteiger partial charge on any atom is 0.356 e. The van der Waals surface area contributed by atoms with Crippen molar-refractivity contribution in [3.8, 4) is 0 Å². The summed E-state index contributed by atoms with van der Waals surface area (Å²) >= 11 is 0.867. The van der Waals surface area contributed by atoms with Crippen molar-refractivity contribution in [3.63, 3.8) is 0 Å². The molecule has 0 saturated heterocycles. The van der Waals surface area contributed by atoms with Gasteiger partial charge < -0.3 is 4.74 Å². The standard InChI is InChI=1S/C8H8N2O4S2/c1-2-5-3-15-6(8(11)14-4-9)7(5)16(10,12)13/h2-4,9H,1H2,(H2,10,12,13). The van der Waals surface area contributed by atoms with Crippen LogP contribution in [0, 0.1) is 5.41 Å². The summed E-state index contributed by atoms with van der Waals surface area (Å²) in [5, 5.41) is 13.0. The minimum absolute atomic E-state index is 0.166. The molecule has 0 aliphatic carbocycles. The molecule has 0 radical (unpaired) electrons. The molecule has 6 nitrogen and oxygen atoms in total. The Morgan fingerprint density at radius 2 is 2.25 bits per heavy atom. The predicted octanol–water partition coefficient (Wildman–Crippen LogP) is 0.802. The van der Waals surface area contributed by atoms with E-state index in [0.29, 0.717) is 6.40 Å². The first-order chi connectivity index (χ1) is 7.41. The third-order valence-corrected chi connectivity index (χ3v) is 3.74. The van der Waals surface area contributed by atoms with Crippen molar-refractivity contribution < 1.29 is 17.9 Å². The lowest BCUT2D eigenvalue weighted by Gasteiger charge is -2.00. The highest BCUT2D eigenvalue weighted by Gasteiger charge is 2.25. The van der Waals surface area contributed by atoms with Gasteiger partial charge in [0.05, 0.1) is 0 Å². The van der Waals surface area contributed by atoms with Gasteiger partial charge >= 0.3 is 5.97 Å². The number of ether oxygens (including phenoxy) is 1. The summed E-state index contributed by atoms with van der Waals surface area (Å²) in [6.45, 7) is 3.41. The van der Waals surface area contributed by atoms with E-state index in [1.54, 1.807) is 0 Å². The van der Waals surface area contributed by atoms with Crippen molar-refractivity contribution in [3.05, 3.63) is 22.4 Å². The molecule has 3 N–H and O–H groups in total. The molecule has 0 unspecified atom stereocenters. The second kappa shape index (κ2) is 4.56. The summed E-state index contributed by atoms with van der Waals surface area (Å²) in [5.41, 5.74) is 0.240. The molecule has 0 aliphatic heterocycles. The number of hydrogen-bond acceptors (Lipinski definition) is 6. The number of thiophene rings is 1. The molecule has 1 aromatic heterocycles. The molecule has 0 amide bonds.